The highest BCUT2D eigenvalue weighted by Crippen LogP contribution is 2.16. The highest BCUT2D eigenvalue weighted by Gasteiger charge is 2.10. The van der Waals surface area contributed by atoms with Gasteiger partial charge in [0.25, 0.3) is 0 Å². The Labute approximate surface area is 96.5 Å². The molecule has 1 N–H and O–H groups in total. The van der Waals surface area contributed by atoms with Crippen LogP contribution in [0.1, 0.15) is 30.9 Å². The summed E-state index contributed by atoms with van der Waals surface area (Å²) < 4.78 is 11.0. The van der Waals surface area contributed by atoms with E-state index in [1.807, 2.05) is 19.1 Å². The second-order valence-electron chi connectivity index (χ2n) is 4.25. The van der Waals surface area contributed by atoms with Crippen molar-refractivity contribution in [1.82, 2.24) is 5.32 Å². The van der Waals surface area contributed by atoms with E-state index in [1.165, 1.54) is 5.57 Å². The van der Waals surface area contributed by atoms with Gasteiger partial charge in [-0.3, -0.25) is 0 Å². The molecule has 1 aromatic heterocycles. The second kappa shape index (κ2) is 5.32. The quantitative estimate of drug-likeness (QED) is 0.793. The second-order valence-corrected chi connectivity index (χ2v) is 4.25. The zero-order valence-electron chi connectivity index (χ0n) is 9.95. The molecule has 0 amide bonds. The Hall–Kier alpha value is -1.06. The van der Waals surface area contributed by atoms with E-state index in [-0.39, 0.29) is 6.04 Å². The molecule has 3 heteroatoms. The lowest BCUT2D eigenvalue weighted by molar-refractivity contribution is 0.148. The summed E-state index contributed by atoms with van der Waals surface area (Å²) in [6.07, 6.45) is 3.29. The Morgan fingerprint density at radius 3 is 2.94 bits per heavy atom. The van der Waals surface area contributed by atoms with Crippen molar-refractivity contribution in [2.45, 2.75) is 26.3 Å². The minimum atomic E-state index is 0.247. The lowest BCUT2D eigenvalue weighted by atomic mass is 10.2. The van der Waals surface area contributed by atoms with Crippen molar-refractivity contribution in [3.8, 4) is 0 Å². The van der Waals surface area contributed by atoms with Crippen molar-refractivity contribution < 1.29 is 9.15 Å². The molecule has 2 heterocycles. The SMILES string of the molecule is Cc1ccc(C(C)NCC2=CCCOC2)o1. The molecule has 0 saturated carbocycles. The molecule has 0 fully saturated rings. The number of furan rings is 1. The zero-order chi connectivity index (χ0) is 11.4. The molecule has 1 atom stereocenters. The molecule has 3 nitrogen and oxygen atoms in total. The van der Waals surface area contributed by atoms with Crippen LogP contribution in [-0.4, -0.2) is 19.8 Å². The van der Waals surface area contributed by atoms with Crippen LogP contribution in [0.5, 0.6) is 0 Å². The van der Waals surface area contributed by atoms with E-state index >= 15 is 0 Å². The summed E-state index contributed by atoms with van der Waals surface area (Å²) in [5.41, 5.74) is 1.33. The van der Waals surface area contributed by atoms with E-state index < -0.39 is 0 Å². The number of nitrogens with one attached hydrogen (secondary N) is 1. The van der Waals surface area contributed by atoms with Gasteiger partial charge >= 0.3 is 0 Å². The maximum absolute atomic E-state index is 5.57. The molecular weight excluding hydrogens is 202 g/mol. The molecule has 0 spiro atoms. The summed E-state index contributed by atoms with van der Waals surface area (Å²) in [4.78, 5) is 0. The van der Waals surface area contributed by atoms with Gasteiger partial charge in [-0.1, -0.05) is 6.08 Å². The molecule has 0 radical (unpaired) electrons. The standard InChI is InChI=1S/C13H19NO2/c1-10-5-6-13(16-10)11(2)14-8-12-4-3-7-15-9-12/h4-6,11,14H,3,7-9H2,1-2H3. The largest absolute Gasteiger partial charge is 0.465 e. The van der Waals surface area contributed by atoms with Gasteiger partial charge in [0.15, 0.2) is 0 Å². The lowest BCUT2D eigenvalue weighted by Crippen LogP contribution is -2.24. The molecule has 1 aromatic rings. The van der Waals surface area contributed by atoms with Crippen LogP contribution in [-0.2, 0) is 4.74 Å². The monoisotopic (exact) mass is 221 g/mol. The maximum atomic E-state index is 5.57. The van der Waals surface area contributed by atoms with E-state index in [0.29, 0.717) is 0 Å². The number of ether oxygens (including phenoxy) is 1. The van der Waals surface area contributed by atoms with Crippen LogP contribution in [0.2, 0.25) is 0 Å². The average molecular weight is 221 g/mol. The molecule has 0 saturated heterocycles. The van der Waals surface area contributed by atoms with Crippen LogP contribution < -0.4 is 5.32 Å². The molecular formula is C13H19NO2. The first-order valence-corrected chi connectivity index (χ1v) is 5.81. The highest BCUT2D eigenvalue weighted by atomic mass is 16.5. The number of hydrogen-bond donors (Lipinski definition) is 1. The van der Waals surface area contributed by atoms with Gasteiger partial charge in [-0.05, 0) is 38.0 Å². The third-order valence-corrected chi connectivity index (χ3v) is 2.81. The minimum absolute atomic E-state index is 0.247. The van der Waals surface area contributed by atoms with Crippen LogP contribution in [0.25, 0.3) is 0 Å². The molecule has 1 aliphatic heterocycles. The first-order valence-electron chi connectivity index (χ1n) is 5.81. The molecule has 1 aliphatic rings. The topological polar surface area (TPSA) is 34.4 Å². The molecule has 1 unspecified atom stereocenters. The number of aryl methyl sites for hydroxylation is 1. The van der Waals surface area contributed by atoms with Gasteiger partial charge in [0, 0.05) is 6.54 Å². The van der Waals surface area contributed by atoms with Crippen molar-refractivity contribution in [1.29, 1.82) is 0 Å². The Kier molecular flexibility index (Phi) is 3.80. The van der Waals surface area contributed by atoms with Crippen LogP contribution in [0.3, 0.4) is 0 Å². The molecule has 0 aromatic carbocycles. The van der Waals surface area contributed by atoms with Crippen molar-refractivity contribution in [2.24, 2.45) is 0 Å². The number of rotatable bonds is 4. The fourth-order valence-corrected chi connectivity index (χ4v) is 1.80. The Bertz CT molecular complexity index is 368. The fraction of sp³-hybridized carbons (Fsp3) is 0.538. The molecule has 0 bridgehead atoms. The van der Waals surface area contributed by atoms with Gasteiger partial charge in [0.2, 0.25) is 0 Å². The summed E-state index contributed by atoms with van der Waals surface area (Å²) in [6, 6.07) is 4.27. The van der Waals surface area contributed by atoms with E-state index in [9.17, 15) is 0 Å². The van der Waals surface area contributed by atoms with E-state index in [1.54, 1.807) is 0 Å². The van der Waals surface area contributed by atoms with Gasteiger partial charge < -0.3 is 14.5 Å². The van der Waals surface area contributed by atoms with Crippen molar-refractivity contribution in [2.75, 3.05) is 19.8 Å². The molecule has 0 aliphatic carbocycles. The molecule has 16 heavy (non-hydrogen) atoms. The van der Waals surface area contributed by atoms with Crippen molar-refractivity contribution in [3.63, 3.8) is 0 Å². The first kappa shape index (κ1) is 11.4. The van der Waals surface area contributed by atoms with Gasteiger partial charge in [-0.2, -0.15) is 0 Å². The van der Waals surface area contributed by atoms with Gasteiger partial charge in [0.05, 0.1) is 19.3 Å². The summed E-state index contributed by atoms with van der Waals surface area (Å²) >= 11 is 0. The van der Waals surface area contributed by atoms with Crippen LogP contribution in [0, 0.1) is 6.92 Å². The van der Waals surface area contributed by atoms with E-state index in [4.69, 9.17) is 9.15 Å². The van der Waals surface area contributed by atoms with Crippen LogP contribution >= 0.6 is 0 Å². The lowest BCUT2D eigenvalue weighted by Gasteiger charge is -2.16. The van der Waals surface area contributed by atoms with E-state index in [2.05, 4.69) is 18.3 Å². The maximum Gasteiger partial charge on any atom is 0.120 e. The fourth-order valence-electron chi connectivity index (χ4n) is 1.80. The summed E-state index contributed by atoms with van der Waals surface area (Å²) in [5.74, 6) is 1.96. The Balaban J connectivity index is 1.83. The normalized spacial score (nSPS) is 18.2. The van der Waals surface area contributed by atoms with Crippen LogP contribution in [0.15, 0.2) is 28.2 Å². The smallest absolute Gasteiger partial charge is 0.120 e. The predicted molar refractivity (Wildman–Crippen MR) is 63.4 cm³/mol. The average Bonchev–Trinajstić information content (AvgIpc) is 2.74. The summed E-state index contributed by atoms with van der Waals surface area (Å²) in [7, 11) is 0. The Morgan fingerprint density at radius 1 is 1.44 bits per heavy atom. The van der Waals surface area contributed by atoms with E-state index in [0.717, 1.165) is 37.7 Å². The van der Waals surface area contributed by atoms with Gasteiger partial charge in [0.1, 0.15) is 11.5 Å². The minimum Gasteiger partial charge on any atom is -0.465 e. The van der Waals surface area contributed by atoms with Crippen molar-refractivity contribution in [3.05, 3.63) is 35.3 Å². The first-order chi connectivity index (χ1) is 7.75. The predicted octanol–water partition coefficient (Wildman–Crippen LogP) is 2.59. The van der Waals surface area contributed by atoms with Gasteiger partial charge in [-0.25, -0.2) is 0 Å². The highest BCUT2D eigenvalue weighted by molar-refractivity contribution is 5.11. The van der Waals surface area contributed by atoms with Crippen LogP contribution in [0.4, 0.5) is 0 Å². The van der Waals surface area contributed by atoms with Gasteiger partial charge in [-0.15, -0.1) is 0 Å². The molecule has 2 rings (SSSR count). The summed E-state index contributed by atoms with van der Waals surface area (Å²) in [6.45, 7) is 6.57. The third kappa shape index (κ3) is 2.97. The zero-order valence-corrected chi connectivity index (χ0v) is 9.95. The number of hydrogen-bond acceptors (Lipinski definition) is 3. The van der Waals surface area contributed by atoms with Crippen molar-refractivity contribution >= 4 is 0 Å². The Morgan fingerprint density at radius 2 is 2.31 bits per heavy atom. The summed E-state index contributed by atoms with van der Waals surface area (Å²) in [5, 5.41) is 3.44. The third-order valence-electron chi connectivity index (χ3n) is 2.81. The molecule has 88 valence electrons.